The van der Waals surface area contributed by atoms with Gasteiger partial charge in [-0.25, -0.2) is 4.79 Å². The molecule has 100 valence electrons. The zero-order valence-corrected chi connectivity index (χ0v) is 11.5. The zero-order valence-electron chi connectivity index (χ0n) is 10.7. The molecule has 2 aromatic rings. The molecule has 2 aromatic heterocycles. The molecule has 6 heteroatoms. The van der Waals surface area contributed by atoms with Crippen LogP contribution in [0.4, 0.5) is 0 Å². The Balaban J connectivity index is 2.11. The molecule has 0 unspecified atom stereocenters. The summed E-state index contributed by atoms with van der Waals surface area (Å²) in [6, 6.07) is 5.42. The van der Waals surface area contributed by atoms with Crippen LogP contribution in [0.15, 0.2) is 18.2 Å². The Kier molecular flexibility index (Phi) is 3.42. The van der Waals surface area contributed by atoms with Gasteiger partial charge in [0, 0.05) is 5.92 Å². The van der Waals surface area contributed by atoms with Gasteiger partial charge in [-0.3, -0.25) is 4.40 Å². The van der Waals surface area contributed by atoms with Crippen LogP contribution in [0.2, 0.25) is 0 Å². The minimum absolute atomic E-state index is 0.350. The number of nitrogens with zero attached hydrogens (tertiary/aromatic N) is 3. The van der Waals surface area contributed by atoms with Crippen molar-refractivity contribution in [1.29, 1.82) is 0 Å². The van der Waals surface area contributed by atoms with E-state index < -0.39 is 0 Å². The van der Waals surface area contributed by atoms with Crippen LogP contribution in [-0.2, 0) is 4.74 Å². The van der Waals surface area contributed by atoms with E-state index in [9.17, 15) is 4.79 Å². The van der Waals surface area contributed by atoms with E-state index in [0.717, 1.165) is 30.2 Å². The summed E-state index contributed by atoms with van der Waals surface area (Å²) in [6.45, 7) is 0. The van der Waals surface area contributed by atoms with Gasteiger partial charge in [-0.2, -0.15) is 11.8 Å². The Bertz CT molecular complexity index is 605. The van der Waals surface area contributed by atoms with Crippen molar-refractivity contribution in [3.8, 4) is 0 Å². The molecule has 1 aliphatic heterocycles. The van der Waals surface area contributed by atoms with Gasteiger partial charge >= 0.3 is 5.97 Å². The molecule has 0 aliphatic carbocycles. The third kappa shape index (κ3) is 2.20. The van der Waals surface area contributed by atoms with E-state index in [1.807, 2.05) is 22.2 Å². The van der Waals surface area contributed by atoms with Crippen LogP contribution in [0.25, 0.3) is 5.65 Å². The van der Waals surface area contributed by atoms with E-state index in [0.29, 0.717) is 17.3 Å². The first-order valence-corrected chi connectivity index (χ1v) is 7.47. The maximum Gasteiger partial charge on any atom is 0.355 e. The summed E-state index contributed by atoms with van der Waals surface area (Å²) in [5, 5.41) is 8.46. The largest absolute Gasteiger partial charge is 0.464 e. The SMILES string of the molecule is COC(=O)c1cccc2nnc(C3CCSCC3)n12. The first-order chi connectivity index (χ1) is 9.31. The third-order valence-corrected chi connectivity index (χ3v) is 4.48. The van der Waals surface area contributed by atoms with E-state index in [4.69, 9.17) is 4.74 Å². The lowest BCUT2D eigenvalue weighted by atomic mass is 10.0. The second kappa shape index (κ2) is 5.21. The van der Waals surface area contributed by atoms with Crippen LogP contribution in [0, 0.1) is 0 Å². The van der Waals surface area contributed by atoms with E-state index in [2.05, 4.69) is 10.2 Å². The summed E-state index contributed by atoms with van der Waals surface area (Å²) in [7, 11) is 1.39. The molecule has 1 saturated heterocycles. The maximum absolute atomic E-state index is 11.9. The van der Waals surface area contributed by atoms with Crippen molar-refractivity contribution in [2.45, 2.75) is 18.8 Å². The van der Waals surface area contributed by atoms with Crippen molar-refractivity contribution >= 4 is 23.4 Å². The van der Waals surface area contributed by atoms with Gasteiger partial charge in [-0.05, 0) is 36.5 Å². The van der Waals surface area contributed by atoms with Crippen LogP contribution in [-0.4, -0.2) is 39.2 Å². The van der Waals surface area contributed by atoms with Gasteiger partial charge in [0.2, 0.25) is 0 Å². The van der Waals surface area contributed by atoms with Gasteiger partial charge in [0.1, 0.15) is 11.5 Å². The van der Waals surface area contributed by atoms with Gasteiger partial charge in [0.15, 0.2) is 5.65 Å². The highest BCUT2D eigenvalue weighted by Crippen LogP contribution is 2.31. The van der Waals surface area contributed by atoms with Gasteiger partial charge < -0.3 is 4.74 Å². The van der Waals surface area contributed by atoms with Crippen LogP contribution in [0.1, 0.15) is 35.1 Å². The second-order valence-corrected chi connectivity index (χ2v) is 5.77. The van der Waals surface area contributed by atoms with Crippen LogP contribution in [0.3, 0.4) is 0 Å². The number of pyridine rings is 1. The molecule has 1 aliphatic rings. The normalized spacial score (nSPS) is 16.7. The number of fused-ring (bicyclic) bond motifs is 1. The molecule has 0 amide bonds. The first kappa shape index (κ1) is 12.5. The number of thioether (sulfide) groups is 1. The molecule has 0 radical (unpaired) electrons. The highest BCUT2D eigenvalue weighted by Gasteiger charge is 2.23. The summed E-state index contributed by atoms with van der Waals surface area (Å²) in [5.74, 6) is 3.19. The number of ether oxygens (including phenoxy) is 1. The molecule has 1 fully saturated rings. The Morgan fingerprint density at radius 1 is 1.37 bits per heavy atom. The van der Waals surface area contributed by atoms with Crippen LogP contribution >= 0.6 is 11.8 Å². The van der Waals surface area contributed by atoms with Crippen molar-refractivity contribution in [3.63, 3.8) is 0 Å². The zero-order chi connectivity index (χ0) is 13.2. The Morgan fingerprint density at radius 2 is 2.16 bits per heavy atom. The van der Waals surface area contributed by atoms with Crippen molar-refractivity contribution in [1.82, 2.24) is 14.6 Å². The van der Waals surface area contributed by atoms with Gasteiger partial charge in [0.05, 0.1) is 7.11 Å². The molecule has 0 saturated carbocycles. The predicted octanol–water partition coefficient (Wildman–Crippen LogP) is 2.13. The van der Waals surface area contributed by atoms with E-state index in [-0.39, 0.29) is 5.97 Å². The van der Waals surface area contributed by atoms with Gasteiger partial charge in [-0.15, -0.1) is 10.2 Å². The number of methoxy groups -OCH3 is 1. The molecule has 3 heterocycles. The summed E-state index contributed by atoms with van der Waals surface area (Å²) < 4.78 is 6.68. The second-order valence-electron chi connectivity index (χ2n) is 4.54. The Morgan fingerprint density at radius 3 is 2.89 bits per heavy atom. The molecule has 0 spiro atoms. The average molecular weight is 277 g/mol. The number of esters is 1. The highest BCUT2D eigenvalue weighted by atomic mass is 32.2. The molecule has 3 rings (SSSR count). The molecule has 0 aromatic carbocycles. The van der Waals surface area contributed by atoms with E-state index in [1.54, 1.807) is 12.1 Å². The van der Waals surface area contributed by atoms with Crippen LogP contribution < -0.4 is 0 Å². The molecule has 0 atom stereocenters. The smallest absolute Gasteiger partial charge is 0.355 e. The molecular weight excluding hydrogens is 262 g/mol. The summed E-state index contributed by atoms with van der Waals surface area (Å²) in [4.78, 5) is 11.9. The lowest BCUT2D eigenvalue weighted by molar-refractivity contribution is 0.0591. The fourth-order valence-electron chi connectivity index (χ4n) is 2.45. The summed E-state index contributed by atoms with van der Waals surface area (Å²) >= 11 is 1.97. The summed E-state index contributed by atoms with van der Waals surface area (Å²) in [5.41, 5.74) is 1.20. The number of rotatable bonds is 2. The van der Waals surface area contributed by atoms with Gasteiger partial charge in [-0.1, -0.05) is 6.07 Å². The Hall–Kier alpha value is -1.56. The molecule has 0 N–H and O–H groups in total. The van der Waals surface area contributed by atoms with Crippen molar-refractivity contribution in [2.24, 2.45) is 0 Å². The van der Waals surface area contributed by atoms with Crippen LogP contribution in [0.5, 0.6) is 0 Å². The number of carbonyl (C=O) groups is 1. The van der Waals surface area contributed by atoms with E-state index in [1.165, 1.54) is 7.11 Å². The minimum Gasteiger partial charge on any atom is -0.464 e. The molecule has 0 bridgehead atoms. The standard InChI is InChI=1S/C13H15N3O2S/c1-18-13(17)10-3-2-4-11-14-15-12(16(10)11)9-5-7-19-8-6-9/h2-4,9H,5-8H2,1H3. The minimum atomic E-state index is -0.350. The predicted molar refractivity (Wildman–Crippen MR) is 73.6 cm³/mol. The lowest BCUT2D eigenvalue weighted by Crippen LogP contribution is -2.15. The fourth-order valence-corrected chi connectivity index (χ4v) is 3.55. The lowest BCUT2D eigenvalue weighted by Gasteiger charge is -2.20. The van der Waals surface area contributed by atoms with Crippen molar-refractivity contribution in [2.75, 3.05) is 18.6 Å². The number of hydrogen-bond donors (Lipinski definition) is 0. The molecular formula is C13H15N3O2S. The Labute approximate surface area is 115 Å². The number of hydrogen-bond acceptors (Lipinski definition) is 5. The van der Waals surface area contributed by atoms with E-state index >= 15 is 0 Å². The molecule has 5 nitrogen and oxygen atoms in total. The number of carbonyl (C=O) groups excluding carboxylic acids is 1. The third-order valence-electron chi connectivity index (χ3n) is 3.43. The highest BCUT2D eigenvalue weighted by molar-refractivity contribution is 7.99. The first-order valence-electron chi connectivity index (χ1n) is 6.31. The average Bonchev–Trinajstić information content (AvgIpc) is 2.91. The topological polar surface area (TPSA) is 56.5 Å². The van der Waals surface area contributed by atoms with Crippen molar-refractivity contribution < 1.29 is 9.53 Å². The monoisotopic (exact) mass is 277 g/mol. The molecule has 19 heavy (non-hydrogen) atoms. The quantitative estimate of drug-likeness (QED) is 0.787. The van der Waals surface area contributed by atoms with Gasteiger partial charge in [0.25, 0.3) is 0 Å². The van der Waals surface area contributed by atoms with Crippen molar-refractivity contribution in [3.05, 3.63) is 29.7 Å². The maximum atomic E-state index is 11.9. The number of aromatic nitrogens is 3. The summed E-state index contributed by atoms with van der Waals surface area (Å²) in [6.07, 6.45) is 2.17. The fraction of sp³-hybridized carbons (Fsp3) is 0.462.